The van der Waals surface area contributed by atoms with Gasteiger partial charge < -0.3 is 15.4 Å². The van der Waals surface area contributed by atoms with Crippen molar-refractivity contribution in [2.24, 2.45) is 4.99 Å². The number of nitrogens with zero attached hydrogens (tertiary/aromatic N) is 2. The Balaban J connectivity index is 1.66. The predicted octanol–water partition coefficient (Wildman–Crippen LogP) is 3.54. The van der Waals surface area contributed by atoms with Crippen LogP contribution in [0.1, 0.15) is 18.2 Å². The molecule has 140 valence electrons. The highest BCUT2D eigenvalue weighted by molar-refractivity contribution is 5.85. The number of fused-ring (bicyclic) bond motifs is 1. The molecule has 3 rings (SSSR count). The molecular weight excluding hydrogens is 336 g/mol. The molecule has 0 aliphatic heterocycles. The number of pyridine rings is 1. The smallest absolute Gasteiger partial charge is 0.191 e. The molecule has 5 nitrogen and oxygen atoms in total. The van der Waals surface area contributed by atoms with Crippen LogP contribution in [0.2, 0.25) is 0 Å². The second kappa shape index (κ2) is 9.57. The van der Waals surface area contributed by atoms with Crippen molar-refractivity contribution >= 4 is 16.7 Å². The maximum atomic E-state index is 5.41. The van der Waals surface area contributed by atoms with E-state index in [9.17, 15) is 0 Å². The lowest BCUT2D eigenvalue weighted by Crippen LogP contribution is -2.38. The van der Waals surface area contributed by atoms with Crippen molar-refractivity contribution in [2.45, 2.75) is 19.9 Å². The maximum Gasteiger partial charge on any atom is 0.191 e. The van der Waals surface area contributed by atoms with Gasteiger partial charge in [-0.25, -0.2) is 4.99 Å². The van der Waals surface area contributed by atoms with Gasteiger partial charge in [0.25, 0.3) is 0 Å². The molecule has 1 heterocycles. The number of benzene rings is 2. The van der Waals surface area contributed by atoms with Crippen LogP contribution >= 0.6 is 0 Å². The predicted molar refractivity (Wildman–Crippen MR) is 111 cm³/mol. The molecule has 3 aromatic rings. The third-order valence-electron chi connectivity index (χ3n) is 4.37. The molecule has 0 aliphatic carbocycles. The average Bonchev–Trinajstić information content (AvgIpc) is 2.72. The first-order chi connectivity index (χ1) is 13.3. The quantitative estimate of drug-likeness (QED) is 0.499. The molecular formula is C22H26N4O. The van der Waals surface area contributed by atoms with Crippen LogP contribution in [0, 0.1) is 0 Å². The summed E-state index contributed by atoms with van der Waals surface area (Å²) in [5, 5.41) is 9.02. The average molecular weight is 362 g/mol. The molecule has 1 aromatic heterocycles. The van der Waals surface area contributed by atoms with Crippen molar-refractivity contribution in [1.82, 2.24) is 15.6 Å². The maximum absolute atomic E-state index is 5.41. The van der Waals surface area contributed by atoms with Gasteiger partial charge in [-0.2, -0.15) is 0 Å². The Hall–Kier alpha value is -3.08. The van der Waals surface area contributed by atoms with E-state index in [1.807, 2.05) is 42.6 Å². The van der Waals surface area contributed by atoms with E-state index in [0.717, 1.165) is 42.3 Å². The molecule has 0 saturated heterocycles. The number of methoxy groups -OCH3 is 1. The van der Waals surface area contributed by atoms with E-state index in [4.69, 9.17) is 9.73 Å². The summed E-state index contributed by atoms with van der Waals surface area (Å²) in [6, 6.07) is 18.4. The molecule has 0 spiro atoms. The van der Waals surface area contributed by atoms with Crippen molar-refractivity contribution in [3.8, 4) is 5.75 Å². The lowest BCUT2D eigenvalue weighted by molar-refractivity contribution is 0.409. The van der Waals surface area contributed by atoms with Crippen molar-refractivity contribution in [2.75, 3.05) is 20.2 Å². The third-order valence-corrected chi connectivity index (χ3v) is 4.37. The number of nitrogens with one attached hydrogen (secondary N) is 2. The van der Waals surface area contributed by atoms with E-state index >= 15 is 0 Å². The molecule has 0 fully saturated rings. The van der Waals surface area contributed by atoms with Crippen LogP contribution in [0.4, 0.5) is 0 Å². The highest BCUT2D eigenvalue weighted by Crippen LogP contribution is 2.18. The lowest BCUT2D eigenvalue weighted by atomic mass is 10.1. The summed E-state index contributed by atoms with van der Waals surface area (Å²) in [6.07, 6.45) is 2.70. The van der Waals surface area contributed by atoms with Crippen LogP contribution in [0.5, 0.6) is 5.75 Å². The van der Waals surface area contributed by atoms with Crippen molar-refractivity contribution in [3.05, 3.63) is 72.1 Å². The minimum atomic E-state index is 0.533. The number of para-hydroxylation sites is 1. The Morgan fingerprint density at radius 2 is 1.85 bits per heavy atom. The third kappa shape index (κ3) is 4.97. The van der Waals surface area contributed by atoms with Crippen LogP contribution in [0.25, 0.3) is 10.8 Å². The second-order valence-electron chi connectivity index (χ2n) is 6.16. The zero-order chi connectivity index (χ0) is 18.9. The highest BCUT2D eigenvalue weighted by Gasteiger charge is 2.04. The van der Waals surface area contributed by atoms with Gasteiger partial charge in [-0.3, -0.25) is 4.98 Å². The van der Waals surface area contributed by atoms with E-state index in [0.29, 0.717) is 6.54 Å². The number of ether oxygens (including phenoxy) is 1. The molecule has 0 saturated carbocycles. The van der Waals surface area contributed by atoms with E-state index in [1.54, 1.807) is 7.11 Å². The Morgan fingerprint density at radius 1 is 1.04 bits per heavy atom. The van der Waals surface area contributed by atoms with Gasteiger partial charge in [0.05, 0.1) is 19.3 Å². The number of hydrogen-bond donors (Lipinski definition) is 2. The SMILES string of the molecule is CCNC(=NCc1nccc2ccccc12)NCCc1ccccc1OC. The zero-order valence-corrected chi connectivity index (χ0v) is 15.9. The summed E-state index contributed by atoms with van der Waals surface area (Å²) in [4.78, 5) is 9.22. The van der Waals surface area contributed by atoms with E-state index in [2.05, 4.69) is 40.7 Å². The largest absolute Gasteiger partial charge is 0.496 e. The number of guanidine groups is 1. The fourth-order valence-corrected chi connectivity index (χ4v) is 3.03. The number of rotatable bonds is 7. The summed E-state index contributed by atoms with van der Waals surface area (Å²) in [6.45, 7) is 4.18. The minimum absolute atomic E-state index is 0.533. The summed E-state index contributed by atoms with van der Waals surface area (Å²) in [5.41, 5.74) is 2.16. The normalized spacial score (nSPS) is 11.4. The van der Waals surface area contributed by atoms with Crippen LogP contribution in [0.15, 0.2) is 65.8 Å². The second-order valence-corrected chi connectivity index (χ2v) is 6.16. The van der Waals surface area contributed by atoms with Gasteiger partial charge in [-0.1, -0.05) is 42.5 Å². The Kier molecular flexibility index (Phi) is 6.63. The van der Waals surface area contributed by atoms with Crippen molar-refractivity contribution < 1.29 is 4.74 Å². The highest BCUT2D eigenvalue weighted by atomic mass is 16.5. The monoisotopic (exact) mass is 362 g/mol. The summed E-state index contributed by atoms with van der Waals surface area (Å²) in [5.74, 6) is 1.71. The van der Waals surface area contributed by atoms with Crippen LogP contribution in [0.3, 0.4) is 0 Å². The molecule has 0 aliphatic rings. The first-order valence-electron chi connectivity index (χ1n) is 9.28. The van der Waals surface area contributed by atoms with Gasteiger partial charge in [0.15, 0.2) is 5.96 Å². The Morgan fingerprint density at radius 3 is 2.70 bits per heavy atom. The standard InChI is InChI=1S/C22H26N4O/c1-3-23-22(25-15-13-18-9-5-7-11-21(18)27-2)26-16-20-19-10-6-4-8-17(19)12-14-24-20/h4-12,14H,3,13,15-16H2,1-2H3,(H2,23,25,26). The lowest BCUT2D eigenvalue weighted by Gasteiger charge is -2.13. The molecule has 0 bridgehead atoms. The first-order valence-corrected chi connectivity index (χ1v) is 9.28. The number of aromatic nitrogens is 1. The van der Waals surface area contributed by atoms with Crippen LogP contribution in [-0.2, 0) is 13.0 Å². The number of aliphatic imine (C=N–C) groups is 1. The first kappa shape index (κ1) is 18.7. The van der Waals surface area contributed by atoms with Gasteiger partial charge in [0.1, 0.15) is 5.75 Å². The molecule has 0 unspecified atom stereocenters. The van der Waals surface area contributed by atoms with Gasteiger partial charge in [0.2, 0.25) is 0 Å². The van der Waals surface area contributed by atoms with Crippen LogP contribution in [-0.4, -0.2) is 31.1 Å². The molecule has 0 radical (unpaired) electrons. The minimum Gasteiger partial charge on any atom is -0.496 e. The summed E-state index contributed by atoms with van der Waals surface area (Å²) < 4.78 is 5.41. The molecule has 0 atom stereocenters. The Bertz CT molecular complexity index is 902. The van der Waals surface area contributed by atoms with E-state index in [1.165, 1.54) is 10.9 Å². The molecule has 2 aromatic carbocycles. The van der Waals surface area contributed by atoms with Gasteiger partial charge in [0, 0.05) is 24.7 Å². The fraction of sp³-hybridized carbons (Fsp3) is 0.273. The molecule has 0 amide bonds. The van der Waals surface area contributed by atoms with Gasteiger partial charge in [-0.05, 0) is 36.4 Å². The Labute approximate surface area is 160 Å². The van der Waals surface area contributed by atoms with Crippen molar-refractivity contribution in [3.63, 3.8) is 0 Å². The molecule has 2 N–H and O–H groups in total. The topological polar surface area (TPSA) is 58.5 Å². The van der Waals surface area contributed by atoms with Gasteiger partial charge in [-0.15, -0.1) is 0 Å². The molecule has 27 heavy (non-hydrogen) atoms. The van der Waals surface area contributed by atoms with E-state index in [-0.39, 0.29) is 0 Å². The van der Waals surface area contributed by atoms with Crippen molar-refractivity contribution in [1.29, 1.82) is 0 Å². The van der Waals surface area contributed by atoms with Crippen LogP contribution < -0.4 is 15.4 Å². The summed E-state index contributed by atoms with van der Waals surface area (Å²) in [7, 11) is 1.70. The summed E-state index contributed by atoms with van der Waals surface area (Å²) >= 11 is 0. The fourth-order valence-electron chi connectivity index (χ4n) is 3.03. The molecule has 5 heteroatoms. The van der Waals surface area contributed by atoms with Gasteiger partial charge >= 0.3 is 0 Å². The zero-order valence-electron chi connectivity index (χ0n) is 15.9. The van der Waals surface area contributed by atoms with E-state index < -0.39 is 0 Å². The number of hydrogen-bond acceptors (Lipinski definition) is 3.